The summed E-state index contributed by atoms with van der Waals surface area (Å²) in [5.41, 5.74) is 1.05. The van der Waals surface area contributed by atoms with Crippen LogP contribution in [0.5, 0.6) is 0 Å². The predicted octanol–water partition coefficient (Wildman–Crippen LogP) is 11.2. The largest absolute Gasteiger partial charge is 0.381 e. The molecule has 8 nitrogen and oxygen atoms in total. The molecule has 0 saturated heterocycles. The summed E-state index contributed by atoms with van der Waals surface area (Å²) in [6.45, 7) is 31.3. The zero-order valence-electron chi connectivity index (χ0n) is 34.8. The Balaban J connectivity index is -0.000000427. The molecule has 0 N–H and O–H groups in total. The topological polar surface area (TPSA) is 105 Å². The number of unbranched alkanes of at least 4 members (excludes halogenated alkanes) is 1. The molecule has 0 unspecified atom stereocenters. The predicted molar refractivity (Wildman–Crippen MR) is 219 cm³/mol. The quantitative estimate of drug-likeness (QED) is 0.0576. The van der Waals surface area contributed by atoms with Crippen LogP contribution in [0.15, 0.2) is 0 Å². The van der Waals surface area contributed by atoms with E-state index >= 15 is 0 Å². The molecule has 0 aliphatic rings. The van der Waals surface area contributed by atoms with Crippen LogP contribution in [0, 0.1) is 21.7 Å². The highest BCUT2D eigenvalue weighted by Crippen LogP contribution is 2.21. The highest BCUT2D eigenvalue weighted by atomic mass is 16.5. The fourth-order valence-corrected chi connectivity index (χ4v) is 4.39. The molecule has 0 aromatic carbocycles. The number of hydrogen-bond acceptors (Lipinski definition) is 8. The van der Waals surface area contributed by atoms with Crippen molar-refractivity contribution in [1.82, 2.24) is 0 Å². The summed E-state index contributed by atoms with van der Waals surface area (Å²) in [6.07, 6.45) is 8.99. The van der Waals surface area contributed by atoms with E-state index in [1.165, 1.54) is 0 Å². The molecular formula is C44H88O8. The summed E-state index contributed by atoms with van der Waals surface area (Å²) in [4.78, 5) is 47.1. The van der Waals surface area contributed by atoms with E-state index in [0.717, 1.165) is 58.3 Å². The fraction of sp³-hybridized carbons (Fsp3) is 0.909. The minimum absolute atomic E-state index is 0. The van der Waals surface area contributed by atoms with E-state index in [4.69, 9.17) is 18.9 Å². The number of hydrogen-bond donors (Lipinski definition) is 0. The summed E-state index contributed by atoms with van der Waals surface area (Å²) in [5.74, 6) is 0.0782. The summed E-state index contributed by atoms with van der Waals surface area (Å²) < 4.78 is 22.1. The molecule has 0 radical (unpaired) electrons. The van der Waals surface area contributed by atoms with Gasteiger partial charge < -0.3 is 18.9 Å². The van der Waals surface area contributed by atoms with Gasteiger partial charge in [-0.1, -0.05) is 97.9 Å². The summed E-state index contributed by atoms with van der Waals surface area (Å²) in [7, 11) is 0. The molecular weight excluding hydrogens is 656 g/mol. The number of Topliss-reactive ketones (excluding diaryl/α,β-unsaturated/α-hetero) is 4. The summed E-state index contributed by atoms with van der Waals surface area (Å²) >= 11 is 0. The Morgan fingerprint density at radius 3 is 1.10 bits per heavy atom. The first-order valence-corrected chi connectivity index (χ1v) is 19.4. The number of ether oxygens (including phenoxy) is 4. The number of carbonyl (C=O) groups excluding carboxylic acids is 4. The van der Waals surface area contributed by atoms with Crippen molar-refractivity contribution in [3.63, 3.8) is 0 Å². The average Bonchev–Trinajstić information content (AvgIpc) is 2.94. The van der Waals surface area contributed by atoms with E-state index in [0.29, 0.717) is 77.0 Å². The van der Waals surface area contributed by atoms with Crippen molar-refractivity contribution >= 4 is 23.1 Å². The maximum Gasteiger partial charge on any atom is 0.142 e. The molecule has 0 aromatic rings. The normalized spacial score (nSPS) is 11.9. The lowest BCUT2D eigenvalue weighted by atomic mass is 9.91. The van der Waals surface area contributed by atoms with Crippen LogP contribution in [0.3, 0.4) is 0 Å². The first-order valence-electron chi connectivity index (χ1n) is 19.4. The number of ketones is 4. The van der Waals surface area contributed by atoms with Gasteiger partial charge in [-0.05, 0) is 73.0 Å². The molecule has 8 heteroatoms. The minimum atomic E-state index is -0.00944. The van der Waals surface area contributed by atoms with Crippen molar-refractivity contribution < 1.29 is 38.1 Å². The van der Waals surface area contributed by atoms with Gasteiger partial charge in [0.15, 0.2) is 0 Å². The van der Waals surface area contributed by atoms with Crippen molar-refractivity contribution in [2.24, 2.45) is 21.7 Å². The van der Waals surface area contributed by atoms with Crippen molar-refractivity contribution in [3.8, 4) is 0 Å². The molecule has 52 heavy (non-hydrogen) atoms. The van der Waals surface area contributed by atoms with Crippen LogP contribution in [-0.2, 0) is 38.1 Å². The summed E-state index contributed by atoms with van der Waals surface area (Å²) in [5, 5.41) is 0. The minimum Gasteiger partial charge on any atom is -0.381 e. The summed E-state index contributed by atoms with van der Waals surface area (Å²) in [6, 6.07) is 0. The first-order chi connectivity index (χ1) is 23.0. The second-order valence-electron chi connectivity index (χ2n) is 18.7. The fourth-order valence-electron chi connectivity index (χ4n) is 4.39. The van der Waals surface area contributed by atoms with Crippen LogP contribution in [-0.4, -0.2) is 76.0 Å². The van der Waals surface area contributed by atoms with Crippen LogP contribution in [0.4, 0.5) is 0 Å². The van der Waals surface area contributed by atoms with Gasteiger partial charge in [0.1, 0.15) is 23.1 Å². The van der Waals surface area contributed by atoms with E-state index in [2.05, 4.69) is 83.1 Å². The van der Waals surface area contributed by atoms with E-state index in [1.807, 2.05) is 0 Å². The van der Waals surface area contributed by atoms with Crippen molar-refractivity contribution in [3.05, 3.63) is 0 Å². The van der Waals surface area contributed by atoms with E-state index in [1.54, 1.807) is 0 Å². The van der Waals surface area contributed by atoms with Gasteiger partial charge in [-0.15, -0.1) is 0 Å². The molecule has 0 atom stereocenters. The molecule has 312 valence electrons. The molecule has 0 aliphatic carbocycles. The van der Waals surface area contributed by atoms with E-state index in [9.17, 15) is 19.2 Å². The Hall–Kier alpha value is -1.48. The van der Waals surface area contributed by atoms with Gasteiger partial charge in [-0.25, -0.2) is 0 Å². The van der Waals surface area contributed by atoms with Crippen LogP contribution >= 0.6 is 0 Å². The third-order valence-corrected chi connectivity index (χ3v) is 7.54. The average molecular weight is 745 g/mol. The molecule has 0 spiro atoms. The first kappa shape index (κ1) is 57.2. The second-order valence-corrected chi connectivity index (χ2v) is 18.7. The highest BCUT2D eigenvalue weighted by molar-refractivity contribution is 5.99. The Morgan fingerprint density at radius 2 is 0.692 bits per heavy atom. The Morgan fingerprint density at radius 1 is 0.346 bits per heavy atom. The van der Waals surface area contributed by atoms with Crippen LogP contribution < -0.4 is 0 Å². The third kappa shape index (κ3) is 50.6. The maximum atomic E-state index is 11.8. The van der Waals surface area contributed by atoms with E-state index in [-0.39, 0.29) is 67.1 Å². The van der Waals surface area contributed by atoms with Gasteiger partial charge in [-0.3, -0.25) is 19.2 Å². The van der Waals surface area contributed by atoms with Gasteiger partial charge in [0.25, 0.3) is 0 Å². The lowest BCUT2D eigenvalue weighted by Gasteiger charge is -2.17. The van der Waals surface area contributed by atoms with Crippen LogP contribution in [0.25, 0.3) is 0 Å². The lowest BCUT2D eigenvalue weighted by molar-refractivity contribution is -0.129. The Bertz CT molecular complexity index is 751. The van der Waals surface area contributed by atoms with Gasteiger partial charge in [0, 0.05) is 65.3 Å². The van der Waals surface area contributed by atoms with Crippen LogP contribution in [0.2, 0.25) is 0 Å². The van der Waals surface area contributed by atoms with Gasteiger partial charge in [-0.2, -0.15) is 0 Å². The molecule has 0 amide bonds. The van der Waals surface area contributed by atoms with Gasteiger partial charge in [0.2, 0.25) is 0 Å². The van der Waals surface area contributed by atoms with Crippen molar-refractivity contribution in [2.45, 2.75) is 188 Å². The maximum absolute atomic E-state index is 11.8. The molecule has 0 bridgehead atoms. The standard InChI is InChI=1S/2C21H40O4.2CH4/c1-20(2,3)11-15-24-13-7-9-18(22)17-19(23)10-8-14-25-16-12-21(4,5)6;1-20(2,3)12-9-14-24-15-11-19(23)16-18(22)10-7-8-13-25-17-21(4,5)6;;/h2*7-17H2,1-6H3;2*1H4. The molecule has 0 heterocycles. The van der Waals surface area contributed by atoms with Gasteiger partial charge in [0.05, 0.1) is 26.1 Å². The Labute approximate surface area is 323 Å². The number of carbonyl (C=O) groups is 4. The van der Waals surface area contributed by atoms with Crippen molar-refractivity contribution in [2.75, 3.05) is 52.9 Å². The third-order valence-electron chi connectivity index (χ3n) is 7.54. The lowest BCUT2D eigenvalue weighted by Crippen LogP contribution is -2.15. The van der Waals surface area contributed by atoms with Crippen molar-refractivity contribution in [1.29, 1.82) is 0 Å². The SMILES string of the molecule is C.C.CC(C)(C)CCCOCCC(=O)CC(=O)CCCCOCC(C)(C)C.CC(C)(C)CCOCCCC(=O)CC(=O)CCCOCCC(C)(C)C. The smallest absolute Gasteiger partial charge is 0.142 e. The molecule has 0 saturated carbocycles. The highest BCUT2D eigenvalue weighted by Gasteiger charge is 2.14. The Kier molecular flexibility index (Phi) is 35.0. The monoisotopic (exact) mass is 745 g/mol. The zero-order chi connectivity index (χ0) is 38.7. The number of rotatable bonds is 28. The molecule has 0 rings (SSSR count). The zero-order valence-corrected chi connectivity index (χ0v) is 34.8. The van der Waals surface area contributed by atoms with Crippen LogP contribution in [0.1, 0.15) is 188 Å². The van der Waals surface area contributed by atoms with Gasteiger partial charge >= 0.3 is 0 Å². The van der Waals surface area contributed by atoms with E-state index < -0.39 is 0 Å². The molecule has 0 fully saturated rings. The molecule has 0 aromatic heterocycles. The molecule has 0 aliphatic heterocycles. The second kappa shape index (κ2) is 31.8.